The molecule has 110 valence electrons. The SMILES string of the molecule is COc1ccc(CC(=O)NCc2ccc(CBr)cc2)cc1. The molecule has 1 N–H and O–H groups in total. The standard InChI is InChI=1S/C17H18BrNO2/c1-21-16-8-6-13(7-9-16)10-17(20)19-12-15-4-2-14(11-18)3-5-15/h2-9H,10-12H2,1H3,(H,19,20). The zero-order valence-corrected chi connectivity index (χ0v) is 13.5. The van der Waals surface area contributed by atoms with Gasteiger partial charge < -0.3 is 10.1 Å². The molecule has 0 aliphatic rings. The van der Waals surface area contributed by atoms with E-state index in [-0.39, 0.29) is 5.91 Å². The van der Waals surface area contributed by atoms with Crippen molar-refractivity contribution in [1.29, 1.82) is 0 Å². The van der Waals surface area contributed by atoms with Crippen LogP contribution in [0.2, 0.25) is 0 Å². The Balaban J connectivity index is 1.83. The van der Waals surface area contributed by atoms with Crippen LogP contribution in [0.15, 0.2) is 48.5 Å². The molecule has 0 heterocycles. The van der Waals surface area contributed by atoms with Gasteiger partial charge in [0.1, 0.15) is 5.75 Å². The summed E-state index contributed by atoms with van der Waals surface area (Å²) in [5.74, 6) is 0.816. The molecule has 0 fully saturated rings. The van der Waals surface area contributed by atoms with Gasteiger partial charge in [0, 0.05) is 11.9 Å². The lowest BCUT2D eigenvalue weighted by atomic mass is 10.1. The summed E-state index contributed by atoms with van der Waals surface area (Å²) in [7, 11) is 1.63. The van der Waals surface area contributed by atoms with Gasteiger partial charge in [0.25, 0.3) is 0 Å². The fourth-order valence-corrected chi connectivity index (χ4v) is 2.31. The molecule has 2 rings (SSSR count). The third kappa shape index (κ3) is 4.90. The number of benzene rings is 2. The Kier molecular flexibility index (Phi) is 5.81. The molecule has 0 unspecified atom stereocenters. The van der Waals surface area contributed by atoms with Crippen LogP contribution < -0.4 is 10.1 Å². The molecule has 0 aliphatic carbocycles. The van der Waals surface area contributed by atoms with Gasteiger partial charge in [0.2, 0.25) is 5.91 Å². The van der Waals surface area contributed by atoms with Crippen LogP contribution in [-0.4, -0.2) is 13.0 Å². The summed E-state index contributed by atoms with van der Waals surface area (Å²) in [6.07, 6.45) is 0.378. The van der Waals surface area contributed by atoms with E-state index in [1.54, 1.807) is 7.11 Å². The molecular formula is C17H18BrNO2. The Morgan fingerprint density at radius 2 is 1.57 bits per heavy atom. The van der Waals surface area contributed by atoms with Crippen molar-refractivity contribution in [2.45, 2.75) is 18.3 Å². The molecule has 0 saturated carbocycles. The molecule has 0 spiro atoms. The maximum Gasteiger partial charge on any atom is 0.224 e. The number of methoxy groups -OCH3 is 1. The molecule has 1 amide bonds. The maximum atomic E-state index is 11.9. The minimum Gasteiger partial charge on any atom is -0.497 e. The molecule has 21 heavy (non-hydrogen) atoms. The van der Waals surface area contributed by atoms with Gasteiger partial charge in [-0.1, -0.05) is 52.3 Å². The predicted molar refractivity (Wildman–Crippen MR) is 87.6 cm³/mol. The van der Waals surface area contributed by atoms with Crippen molar-refractivity contribution in [3.05, 3.63) is 65.2 Å². The summed E-state index contributed by atoms with van der Waals surface area (Å²) >= 11 is 3.41. The fraction of sp³-hybridized carbons (Fsp3) is 0.235. The molecule has 4 heteroatoms. The van der Waals surface area contributed by atoms with E-state index in [9.17, 15) is 4.79 Å². The number of hydrogen-bond acceptors (Lipinski definition) is 2. The number of rotatable bonds is 6. The average molecular weight is 348 g/mol. The summed E-state index contributed by atoms with van der Waals surface area (Å²) in [4.78, 5) is 11.9. The van der Waals surface area contributed by atoms with E-state index in [2.05, 4.69) is 33.4 Å². The van der Waals surface area contributed by atoms with E-state index >= 15 is 0 Å². The van der Waals surface area contributed by atoms with Gasteiger partial charge in [0.15, 0.2) is 0 Å². The van der Waals surface area contributed by atoms with Crippen molar-refractivity contribution in [3.8, 4) is 5.75 Å². The van der Waals surface area contributed by atoms with Crippen LogP contribution in [0.3, 0.4) is 0 Å². The molecule has 2 aromatic carbocycles. The first-order valence-electron chi connectivity index (χ1n) is 6.74. The molecule has 3 nitrogen and oxygen atoms in total. The maximum absolute atomic E-state index is 11.9. The highest BCUT2D eigenvalue weighted by Gasteiger charge is 2.04. The van der Waals surface area contributed by atoms with Gasteiger partial charge in [-0.2, -0.15) is 0 Å². The average Bonchev–Trinajstić information content (AvgIpc) is 2.54. The van der Waals surface area contributed by atoms with Gasteiger partial charge in [-0.3, -0.25) is 4.79 Å². The Morgan fingerprint density at radius 3 is 2.14 bits per heavy atom. The molecular weight excluding hydrogens is 330 g/mol. The van der Waals surface area contributed by atoms with Crippen LogP contribution in [0.1, 0.15) is 16.7 Å². The van der Waals surface area contributed by atoms with Crippen molar-refractivity contribution in [2.24, 2.45) is 0 Å². The van der Waals surface area contributed by atoms with Gasteiger partial charge in [-0.05, 0) is 28.8 Å². The highest BCUT2D eigenvalue weighted by atomic mass is 79.9. The Bertz CT molecular complexity index is 579. The van der Waals surface area contributed by atoms with Crippen molar-refractivity contribution >= 4 is 21.8 Å². The van der Waals surface area contributed by atoms with E-state index in [1.807, 2.05) is 36.4 Å². The quantitative estimate of drug-likeness (QED) is 0.812. The first-order valence-corrected chi connectivity index (χ1v) is 7.87. The van der Waals surface area contributed by atoms with Crippen LogP contribution in [0.5, 0.6) is 5.75 Å². The Labute approximate surface area is 133 Å². The largest absolute Gasteiger partial charge is 0.497 e. The number of ether oxygens (including phenoxy) is 1. The summed E-state index contributed by atoms with van der Waals surface area (Å²) in [5, 5.41) is 3.78. The molecule has 0 radical (unpaired) electrons. The van der Waals surface area contributed by atoms with Gasteiger partial charge in [-0.25, -0.2) is 0 Å². The molecule has 0 aromatic heterocycles. The minimum atomic E-state index is 0.0183. The van der Waals surface area contributed by atoms with Crippen LogP contribution in [-0.2, 0) is 23.1 Å². The van der Waals surface area contributed by atoms with E-state index in [0.29, 0.717) is 13.0 Å². The van der Waals surface area contributed by atoms with E-state index in [1.165, 1.54) is 5.56 Å². The fourth-order valence-electron chi connectivity index (χ4n) is 1.94. The normalized spacial score (nSPS) is 10.2. The highest BCUT2D eigenvalue weighted by molar-refractivity contribution is 9.08. The van der Waals surface area contributed by atoms with Crippen LogP contribution in [0, 0.1) is 0 Å². The second-order valence-corrected chi connectivity index (χ2v) is 5.31. The van der Waals surface area contributed by atoms with E-state index < -0.39 is 0 Å². The summed E-state index contributed by atoms with van der Waals surface area (Å²) < 4.78 is 5.09. The number of alkyl halides is 1. The molecule has 2 aromatic rings. The van der Waals surface area contributed by atoms with Crippen molar-refractivity contribution in [1.82, 2.24) is 5.32 Å². The zero-order chi connectivity index (χ0) is 15.1. The molecule has 0 bridgehead atoms. The molecule has 0 atom stereocenters. The lowest BCUT2D eigenvalue weighted by molar-refractivity contribution is -0.120. The number of carbonyl (C=O) groups is 1. The number of amides is 1. The zero-order valence-electron chi connectivity index (χ0n) is 11.9. The lowest BCUT2D eigenvalue weighted by Crippen LogP contribution is -2.24. The van der Waals surface area contributed by atoms with E-state index in [4.69, 9.17) is 4.74 Å². The third-order valence-electron chi connectivity index (χ3n) is 3.19. The third-order valence-corrected chi connectivity index (χ3v) is 3.84. The number of nitrogens with one attached hydrogen (secondary N) is 1. The van der Waals surface area contributed by atoms with Crippen molar-refractivity contribution in [2.75, 3.05) is 7.11 Å². The van der Waals surface area contributed by atoms with Gasteiger partial charge in [0.05, 0.1) is 13.5 Å². The summed E-state index contributed by atoms with van der Waals surface area (Å²) in [6.45, 7) is 0.553. The van der Waals surface area contributed by atoms with Crippen LogP contribution >= 0.6 is 15.9 Å². The highest BCUT2D eigenvalue weighted by Crippen LogP contribution is 2.12. The first kappa shape index (κ1) is 15.6. The lowest BCUT2D eigenvalue weighted by Gasteiger charge is -2.07. The topological polar surface area (TPSA) is 38.3 Å². The monoisotopic (exact) mass is 347 g/mol. The Hall–Kier alpha value is -1.81. The van der Waals surface area contributed by atoms with Crippen LogP contribution in [0.25, 0.3) is 0 Å². The summed E-state index contributed by atoms with van der Waals surface area (Å²) in [5.41, 5.74) is 3.30. The second-order valence-electron chi connectivity index (χ2n) is 4.75. The smallest absolute Gasteiger partial charge is 0.224 e. The number of hydrogen-bond donors (Lipinski definition) is 1. The molecule has 0 aliphatic heterocycles. The molecule has 0 saturated heterocycles. The summed E-state index contributed by atoms with van der Waals surface area (Å²) in [6, 6.07) is 15.7. The Morgan fingerprint density at radius 1 is 1.00 bits per heavy atom. The van der Waals surface area contributed by atoms with E-state index in [0.717, 1.165) is 22.2 Å². The van der Waals surface area contributed by atoms with Gasteiger partial charge in [-0.15, -0.1) is 0 Å². The number of halogens is 1. The van der Waals surface area contributed by atoms with Crippen molar-refractivity contribution < 1.29 is 9.53 Å². The van der Waals surface area contributed by atoms with Crippen LogP contribution in [0.4, 0.5) is 0 Å². The predicted octanol–water partition coefficient (Wildman–Crippen LogP) is 3.45. The van der Waals surface area contributed by atoms with Gasteiger partial charge >= 0.3 is 0 Å². The minimum absolute atomic E-state index is 0.0183. The first-order chi connectivity index (χ1) is 10.2. The second kappa shape index (κ2) is 7.84. The number of carbonyl (C=O) groups excluding carboxylic acids is 1. The van der Waals surface area contributed by atoms with Crippen molar-refractivity contribution in [3.63, 3.8) is 0 Å².